The quantitative estimate of drug-likeness (QED) is 0.766. The lowest BCUT2D eigenvalue weighted by Gasteiger charge is -2.32. The zero-order valence-electron chi connectivity index (χ0n) is 13.1. The van der Waals surface area contributed by atoms with E-state index in [0.29, 0.717) is 0 Å². The van der Waals surface area contributed by atoms with Gasteiger partial charge in [0.15, 0.2) is 0 Å². The molecule has 1 aliphatic heterocycles. The van der Waals surface area contributed by atoms with Gasteiger partial charge >= 0.3 is 0 Å². The molecule has 0 unspecified atom stereocenters. The number of hydrogen-bond donors (Lipinski definition) is 0. The number of fused-ring (bicyclic) bond motifs is 1. The highest BCUT2D eigenvalue weighted by molar-refractivity contribution is 7.10. The van der Waals surface area contributed by atoms with E-state index in [9.17, 15) is 4.79 Å². The second kappa shape index (κ2) is 6.49. The van der Waals surface area contributed by atoms with E-state index in [1.165, 1.54) is 16.0 Å². The van der Waals surface area contributed by atoms with Crippen molar-refractivity contribution in [3.8, 4) is 0 Å². The van der Waals surface area contributed by atoms with E-state index in [4.69, 9.17) is 0 Å². The van der Waals surface area contributed by atoms with Gasteiger partial charge in [-0.05, 0) is 54.0 Å². The smallest absolute Gasteiger partial charge is 0.247 e. The number of rotatable bonds is 3. The molecule has 0 fully saturated rings. The summed E-state index contributed by atoms with van der Waals surface area (Å²) in [6, 6.07) is 10.7. The van der Waals surface area contributed by atoms with E-state index in [-0.39, 0.29) is 11.9 Å². The molecule has 0 N–H and O–H groups in total. The van der Waals surface area contributed by atoms with Crippen molar-refractivity contribution in [2.24, 2.45) is 0 Å². The van der Waals surface area contributed by atoms with Crippen molar-refractivity contribution in [3.05, 3.63) is 63.4 Å². The van der Waals surface area contributed by atoms with Gasteiger partial charge in [-0.2, -0.15) is 0 Å². The third-order valence-corrected chi connectivity index (χ3v) is 5.36. The average Bonchev–Trinajstić information content (AvgIpc) is 3.03. The standard InChI is InChI=1S/C19H21NOS/c1-3-15-4-6-16(7-5-15)8-9-19(21)20-12-10-18-17(14(20)2)11-13-22-18/h4-9,11,13-14H,3,10,12H2,1-2H3/b9-8+/t14-/m1/s1. The maximum Gasteiger partial charge on any atom is 0.247 e. The summed E-state index contributed by atoms with van der Waals surface area (Å²) in [5.74, 6) is 0.101. The van der Waals surface area contributed by atoms with Gasteiger partial charge in [-0.1, -0.05) is 31.2 Å². The number of thiophene rings is 1. The van der Waals surface area contributed by atoms with Crippen LogP contribution in [-0.4, -0.2) is 17.4 Å². The van der Waals surface area contributed by atoms with E-state index >= 15 is 0 Å². The average molecular weight is 311 g/mol. The second-order valence-corrected chi connectivity index (χ2v) is 6.69. The van der Waals surface area contributed by atoms with Gasteiger partial charge in [-0.3, -0.25) is 4.79 Å². The molecule has 0 saturated heterocycles. The molecule has 0 radical (unpaired) electrons. The molecule has 114 valence electrons. The first-order valence-electron chi connectivity index (χ1n) is 7.83. The molecule has 22 heavy (non-hydrogen) atoms. The maximum atomic E-state index is 12.5. The van der Waals surface area contributed by atoms with Crippen molar-refractivity contribution in [2.75, 3.05) is 6.54 Å². The SMILES string of the molecule is CCc1ccc(/C=C/C(=O)N2CCc3sccc3[C@H]2C)cc1. The van der Waals surface area contributed by atoms with Crippen LogP contribution in [0.1, 0.15) is 41.5 Å². The summed E-state index contributed by atoms with van der Waals surface area (Å²) in [5.41, 5.74) is 3.70. The predicted octanol–water partition coefficient (Wildman–Crippen LogP) is 4.47. The van der Waals surface area contributed by atoms with Crippen LogP contribution in [0.15, 0.2) is 41.8 Å². The lowest BCUT2D eigenvalue weighted by molar-refractivity contribution is -0.128. The Balaban J connectivity index is 1.70. The molecule has 2 heterocycles. The first kappa shape index (κ1) is 15.0. The van der Waals surface area contributed by atoms with E-state index in [2.05, 4.69) is 49.6 Å². The van der Waals surface area contributed by atoms with Gasteiger partial charge in [0.1, 0.15) is 0 Å². The summed E-state index contributed by atoms with van der Waals surface area (Å²) in [5, 5.41) is 2.13. The summed E-state index contributed by atoms with van der Waals surface area (Å²) in [7, 11) is 0. The fourth-order valence-electron chi connectivity index (χ4n) is 2.94. The van der Waals surface area contributed by atoms with E-state index < -0.39 is 0 Å². The van der Waals surface area contributed by atoms with Crippen LogP contribution in [0, 0.1) is 0 Å². The van der Waals surface area contributed by atoms with Crippen molar-refractivity contribution in [1.82, 2.24) is 4.90 Å². The highest BCUT2D eigenvalue weighted by atomic mass is 32.1. The Hall–Kier alpha value is -1.87. The van der Waals surface area contributed by atoms with Gasteiger partial charge in [0.25, 0.3) is 0 Å². The Morgan fingerprint density at radius 1 is 1.32 bits per heavy atom. The summed E-state index contributed by atoms with van der Waals surface area (Å²) in [6.45, 7) is 5.07. The van der Waals surface area contributed by atoms with Crippen LogP contribution >= 0.6 is 11.3 Å². The summed E-state index contributed by atoms with van der Waals surface area (Å²) in [4.78, 5) is 15.9. The third-order valence-electron chi connectivity index (χ3n) is 4.37. The second-order valence-electron chi connectivity index (χ2n) is 5.69. The van der Waals surface area contributed by atoms with Crippen LogP contribution in [0.4, 0.5) is 0 Å². The van der Waals surface area contributed by atoms with Crippen LogP contribution < -0.4 is 0 Å². The number of nitrogens with zero attached hydrogens (tertiary/aromatic N) is 1. The van der Waals surface area contributed by atoms with Crippen LogP contribution in [0.5, 0.6) is 0 Å². The van der Waals surface area contributed by atoms with Gasteiger partial charge in [0.2, 0.25) is 5.91 Å². The van der Waals surface area contributed by atoms with Crippen molar-refractivity contribution in [3.63, 3.8) is 0 Å². The molecule has 2 aromatic rings. The Bertz CT molecular complexity index is 684. The zero-order chi connectivity index (χ0) is 15.5. The maximum absolute atomic E-state index is 12.5. The van der Waals surface area contributed by atoms with Gasteiger partial charge in [0, 0.05) is 17.5 Å². The van der Waals surface area contributed by atoms with Crippen molar-refractivity contribution >= 4 is 23.3 Å². The molecule has 0 bridgehead atoms. The number of carbonyl (C=O) groups excluding carboxylic acids is 1. The molecule has 0 saturated carbocycles. The highest BCUT2D eigenvalue weighted by Gasteiger charge is 2.26. The molecule has 1 aliphatic rings. The minimum absolute atomic E-state index is 0.101. The van der Waals surface area contributed by atoms with E-state index in [1.807, 2.05) is 11.0 Å². The van der Waals surface area contributed by atoms with Crippen LogP contribution in [0.2, 0.25) is 0 Å². The minimum Gasteiger partial charge on any atom is -0.332 e. The monoisotopic (exact) mass is 311 g/mol. The summed E-state index contributed by atoms with van der Waals surface area (Å²) < 4.78 is 0. The largest absolute Gasteiger partial charge is 0.332 e. The van der Waals surface area contributed by atoms with Crippen LogP contribution in [0.25, 0.3) is 6.08 Å². The number of carbonyl (C=O) groups is 1. The highest BCUT2D eigenvalue weighted by Crippen LogP contribution is 2.32. The van der Waals surface area contributed by atoms with Crippen molar-refractivity contribution in [1.29, 1.82) is 0 Å². The number of aryl methyl sites for hydroxylation is 1. The molecule has 0 spiro atoms. The van der Waals surface area contributed by atoms with Gasteiger partial charge < -0.3 is 4.90 Å². The number of benzene rings is 1. The van der Waals surface area contributed by atoms with Crippen LogP contribution in [-0.2, 0) is 17.6 Å². The molecular weight excluding hydrogens is 290 g/mol. The number of amides is 1. The first-order valence-corrected chi connectivity index (χ1v) is 8.71. The number of hydrogen-bond acceptors (Lipinski definition) is 2. The van der Waals surface area contributed by atoms with Gasteiger partial charge in [-0.25, -0.2) is 0 Å². The normalized spacial score (nSPS) is 17.7. The molecular formula is C19H21NOS. The minimum atomic E-state index is 0.101. The van der Waals surface area contributed by atoms with Crippen molar-refractivity contribution in [2.45, 2.75) is 32.7 Å². The van der Waals surface area contributed by atoms with Gasteiger partial charge in [0.05, 0.1) is 6.04 Å². The van der Waals surface area contributed by atoms with E-state index in [1.54, 1.807) is 17.4 Å². The molecule has 1 amide bonds. The lowest BCUT2D eigenvalue weighted by atomic mass is 10.0. The zero-order valence-corrected chi connectivity index (χ0v) is 13.9. The molecule has 1 aromatic heterocycles. The predicted molar refractivity (Wildman–Crippen MR) is 93.0 cm³/mol. The van der Waals surface area contributed by atoms with Crippen molar-refractivity contribution < 1.29 is 4.79 Å². The van der Waals surface area contributed by atoms with E-state index in [0.717, 1.165) is 24.9 Å². The lowest BCUT2D eigenvalue weighted by Crippen LogP contribution is -2.37. The summed E-state index contributed by atoms with van der Waals surface area (Å²) in [6.07, 6.45) is 5.63. The fraction of sp³-hybridized carbons (Fsp3) is 0.316. The third kappa shape index (κ3) is 3.00. The fourth-order valence-corrected chi connectivity index (χ4v) is 3.90. The molecule has 3 rings (SSSR count). The molecule has 3 heteroatoms. The summed E-state index contributed by atoms with van der Waals surface area (Å²) >= 11 is 1.80. The molecule has 0 aliphatic carbocycles. The van der Waals surface area contributed by atoms with Crippen LogP contribution in [0.3, 0.4) is 0 Å². The Morgan fingerprint density at radius 3 is 2.82 bits per heavy atom. The molecule has 1 aromatic carbocycles. The molecule has 1 atom stereocenters. The molecule has 2 nitrogen and oxygen atoms in total. The van der Waals surface area contributed by atoms with Gasteiger partial charge in [-0.15, -0.1) is 11.3 Å². The topological polar surface area (TPSA) is 20.3 Å². The Kier molecular flexibility index (Phi) is 4.44. The Morgan fingerprint density at radius 2 is 2.09 bits per heavy atom. The Labute approximate surface area is 136 Å². The first-order chi connectivity index (χ1) is 10.7.